The van der Waals surface area contributed by atoms with Crippen molar-refractivity contribution in [2.45, 2.75) is 37.4 Å². The van der Waals surface area contributed by atoms with Gasteiger partial charge in [-0.1, -0.05) is 31.7 Å². The van der Waals surface area contributed by atoms with Gasteiger partial charge in [-0.05, 0) is 24.3 Å². The summed E-state index contributed by atoms with van der Waals surface area (Å²) in [5.74, 6) is 1.42. The van der Waals surface area contributed by atoms with Crippen LogP contribution in [0.25, 0.3) is 10.7 Å². The van der Waals surface area contributed by atoms with Crippen molar-refractivity contribution in [1.29, 1.82) is 0 Å². The summed E-state index contributed by atoms with van der Waals surface area (Å²) in [6.07, 6.45) is 1.50. The Kier molecular flexibility index (Phi) is 4.42. The van der Waals surface area contributed by atoms with E-state index in [2.05, 4.69) is 15.2 Å². The average molecular weight is 283 g/mol. The van der Waals surface area contributed by atoms with E-state index in [9.17, 15) is 5.11 Å². The number of nitrogens with one attached hydrogen (secondary N) is 1. The van der Waals surface area contributed by atoms with Gasteiger partial charge in [0.2, 0.25) is 5.16 Å². The van der Waals surface area contributed by atoms with E-state index in [1.807, 2.05) is 31.4 Å². The van der Waals surface area contributed by atoms with Crippen LogP contribution in [0.4, 0.5) is 0 Å². The minimum atomic E-state index is -0.617. The van der Waals surface area contributed by atoms with E-state index in [1.165, 1.54) is 11.8 Å². The van der Waals surface area contributed by atoms with Crippen molar-refractivity contribution in [3.63, 3.8) is 0 Å². The highest BCUT2D eigenvalue weighted by Gasteiger charge is 2.23. The van der Waals surface area contributed by atoms with Gasteiger partial charge < -0.3 is 5.11 Å². The lowest BCUT2D eigenvalue weighted by Crippen LogP contribution is -2.29. The Labute approximate surface area is 115 Å². The lowest BCUT2D eigenvalue weighted by molar-refractivity contribution is 0.0571. The van der Waals surface area contributed by atoms with Gasteiger partial charge in [0.05, 0.1) is 10.5 Å². The monoisotopic (exact) mass is 283 g/mol. The smallest absolute Gasteiger partial charge is 0.208 e. The van der Waals surface area contributed by atoms with Crippen molar-refractivity contribution >= 4 is 23.1 Å². The Hall–Kier alpha value is -0.850. The van der Waals surface area contributed by atoms with Crippen LogP contribution in [0.2, 0.25) is 0 Å². The van der Waals surface area contributed by atoms with Crippen LogP contribution in [-0.4, -0.2) is 31.6 Å². The van der Waals surface area contributed by atoms with Crippen molar-refractivity contribution in [2.75, 3.05) is 5.75 Å². The Balaban J connectivity index is 1.99. The van der Waals surface area contributed by atoms with Gasteiger partial charge >= 0.3 is 0 Å². The average Bonchev–Trinajstić information content (AvgIpc) is 3.06. The molecule has 2 N–H and O–H groups in total. The minimum Gasteiger partial charge on any atom is -0.389 e. The fourth-order valence-electron chi connectivity index (χ4n) is 1.49. The van der Waals surface area contributed by atoms with Crippen molar-refractivity contribution in [3.05, 3.63) is 17.5 Å². The van der Waals surface area contributed by atoms with Gasteiger partial charge in [-0.2, -0.15) is 0 Å². The van der Waals surface area contributed by atoms with Crippen LogP contribution in [0.3, 0.4) is 0 Å². The number of H-pyrrole nitrogens is 1. The molecular weight excluding hydrogens is 266 g/mol. The van der Waals surface area contributed by atoms with Crippen LogP contribution in [0.5, 0.6) is 0 Å². The van der Waals surface area contributed by atoms with Gasteiger partial charge in [0.25, 0.3) is 0 Å². The number of hydrogen-bond donors (Lipinski definition) is 2. The van der Waals surface area contributed by atoms with Crippen molar-refractivity contribution in [2.24, 2.45) is 0 Å². The van der Waals surface area contributed by atoms with Gasteiger partial charge in [0, 0.05) is 5.75 Å². The Bertz CT molecular complexity index is 477. The van der Waals surface area contributed by atoms with Crippen LogP contribution in [0.15, 0.2) is 22.7 Å². The molecule has 0 saturated carbocycles. The van der Waals surface area contributed by atoms with Crippen LogP contribution < -0.4 is 0 Å². The summed E-state index contributed by atoms with van der Waals surface area (Å²) < 4.78 is 0. The second kappa shape index (κ2) is 5.86. The van der Waals surface area contributed by atoms with Crippen molar-refractivity contribution in [3.8, 4) is 10.7 Å². The molecule has 0 aliphatic rings. The number of hydrogen-bond acceptors (Lipinski definition) is 5. The summed E-state index contributed by atoms with van der Waals surface area (Å²) in [5, 5.41) is 20.0. The Morgan fingerprint density at radius 2 is 2.22 bits per heavy atom. The van der Waals surface area contributed by atoms with E-state index < -0.39 is 5.60 Å². The summed E-state index contributed by atoms with van der Waals surface area (Å²) in [4.78, 5) is 5.50. The predicted octanol–water partition coefficient (Wildman–Crippen LogP) is 3.18. The molecule has 18 heavy (non-hydrogen) atoms. The first-order valence-electron chi connectivity index (χ1n) is 5.98. The van der Waals surface area contributed by atoms with E-state index >= 15 is 0 Å². The molecule has 6 heteroatoms. The molecule has 0 aromatic carbocycles. The molecule has 4 nitrogen and oxygen atoms in total. The van der Waals surface area contributed by atoms with Crippen LogP contribution in [0, 0.1) is 0 Å². The zero-order valence-electron chi connectivity index (χ0n) is 10.5. The van der Waals surface area contributed by atoms with E-state index in [4.69, 9.17) is 0 Å². The largest absolute Gasteiger partial charge is 0.389 e. The normalized spacial score (nSPS) is 11.9. The standard InChI is InChI=1S/C12H17N3OS2/c1-3-12(16,4-2)8-18-11-13-10(14-15-11)9-6-5-7-17-9/h5-7,16H,3-4,8H2,1-2H3,(H,13,14,15). The van der Waals surface area contributed by atoms with Crippen molar-refractivity contribution in [1.82, 2.24) is 15.2 Å². The van der Waals surface area contributed by atoms with Crippen LogP contribution in [-0.2, 0) is 0 Å². The van der Waals surface area contributed by atoms with Crippen molar-refractivity contribution < 1.29 is 5.11 Å². The predicted molar refractivity (Wildman–Crippen MR) is 76.0 cm³/mol. The number of thiophene rings is 1. The maximum absolute atomic E-state index is 10.2. The second-order valence-electron chi connectivity index (χ2n) is 4.16. The quantitative estimate of drug-likeness (QED) is 0.799. The minimum absolute atomic E-state index is 0.617. The van der Waals surface area contributed by atoms with E-state index in [1.54, 1.807) is 11.3 Å². The third kappa shape index (κ3) is 3.13. The molecule has 2 rings (SSSR count). The molecule has 0 radical (unpaired) electrons. The van der Waals surface area contributed by atoms with Gasteiger partial charge in [-0.25, -0.2) is 4.98 Å². The molecule has 0 saturated heterocycles. The highest BCUT2D eigenvalue weighted by molar-refractivity contribution is 7.99. The summed E-state index contributed by atoms with van der Waals surface area (Å²) >= 11 is 3.13. The Morgan fingerprint density at radius 3 is 2.83 bits per heavy atom. The zero-order valence-corrected chi connectivity index (χ0v) is 12.1. The highest BCUT2D eigenvalue weighted by Crippen LogP contribution is 2.27. The fraction of sp³-hybridized carbons (Fsp3) is 0.500. The molecule has 98 valence electrons. The molecule has 2 aromatic rings. The molecule has 0 atom stereocenters. The Morgan fingerprint density at radius 1 is 1.44 bits per heavy atom. The summed E-state index contributed by atoms with van der Waals surface area (Å²) in [7, 11) is 0. The molecular formula is C12H17N3OS2. The number of nitrogens with zero attached hydrogens (tertiary/aromatic N) is 2. The van der Waals surface area contributed by atoms with Crippen LogP contribution in [0.1, 0.15) is 26.7 Å². The topological polar surface area (TPSA) is 61.8 Å². The van der Waals surface area contributed by atoms with Gasteiger partial charge in [0.15, 0.2) is 5.82 Å². The fourth-order valence-corrected chi connectivity index (χ4v) is 3.22. The molecule has 2 aromatic heterocycles. The van der Waals surface area contributed by atoms with E-state index in [0.29, 0.717) is 10.9 Å². The molecule has 0 amide bonds. The maximum atomic E-state index is 10.2. The molecule has 0 aliphatic carbocycles. The molecule has 0 spiro atoms. The molecule has 0 bridgehead atoms. The third-order valence-corrected chi connectivity index (χ3v) is 5.00. The third-order valence-electron chi connectivity index (χ3n) is 3.01. The molecule has 2 heterocycles. The summed E-state index contributed by atoms with van der Waals surface area (Å²) in [6.45, 7) is 4.00. The first-order chi connectivity index (χ1) is 8.67. The second-order valence-corrected chi connectivity index (χ2v) is 6.05. The van der Waals surface area contributed by atoms with Gasteiger partial charge in [-0.3, -0.25) is 5.10 Å². The van der Waals surface area contributed by atoms with Gasteiger partial charge in [0.1, 0.15) is 0 Å². The number of aromatic nitrogens is 3. The highest BCUT2D eigenvalue weighted by atomic mass is 32.2. The SMILES string of the molecule is CCC(O)(CC)CSc1n[nH]c(-c2cccs2)n1. The molecule has 0 aliphatic heterocycles. The number of aromatic amines is 1. The molecule has 0 fully saturated rings. The lowest BCUT2D eigenvalue weighted by Gasteiger charge is -2.23. The number of aliphatic hydroxyl groups is 1. The first kappa shape index (κ1) is 13.6. The van der Waals surface area contributed by atoms with Gasteiger partial charge in [-0.15, -0.1) is 16.4 Å². The first-order valence-corrected chi connectivity index (χ1v) is 7.85. The summed E-state index contributed by atoms with van der Waals surface area (Å²) in [5.41, 5.74) is -0.617. The summed E-state index contributed by atoms with van der Waals surface area (Å²) in [6, 6.07) is 4.00. The van der Waals surface area contributed by atoms with E-state index in [0.717, 1.165) is 23.5 Å². The zero-order chi connectivity index (χ0) is 13.0. The number of thioether (sulfide) groups is 1. The maximum Gasteiger partial charge on any atom is 0.208 e. The molecule has 0 unspecified atom stereocenters. The van der Waals surface area contributed by atoms with Crippen LogP contribution >= 0.6 is 23.1 Å². The van der Waals surface area contributed by atoms with E-state index in [-0.39, 0.29) is 0 Å². The number of rotatable bonds is 6. The lowest BCUT2D eigenvalue weighted by atomic mass is 10.0.